The van der Waals surface area contributed by atoms with Crippen LogP contribution in [-0.2, 0) is 10.0 Å². The van der Waals surface area contributed by atoms with Crippen molar-refractivity contribution in [2.24, 2.45) is 0 Å². The van der Waals surface area contributed by atoms with Crippen LogP contribution >= 0.6 is 0 Å². The average Bonchev–Trinajstić information content (AvgIpc) is 2.86. The van der Waals surface area contributed by atoms with E-state index in [0.717, 1.165) is 40.7 Å². The van der Waals surface area contributed by atoms with Crippen molar-refractivity contribution < 1.29 is 35.9 Å². The van der Waals surface area contributed by atoms with Crippen LogP contribution in [0.2, 0.25) is 0 Å². The molecule has 0 spiro atoms. The molecular formula is C19H18F4N2O4S. The van der Waals surface area contributed by atoms with Crippen LogP contribution in [0.5, 0.6) is 0 Å². The zero-order valence-corrected chi connectivity index (χ0v) is 16.3. The van der Waals surface area contributed by atoms with E-state index in [4.69, 9.17) is 0 Å². The molecule has 1 saturated heterocycles. The van der Waals surface area contributed by atoms with Crippen molar-refractivity contribution in [2.45, 2.75) is 30.0 Å². The number of hydrogen-bond donors (Lipinski definition) is 2. The number of halogens is 4. The summed E-state index contributed by atoms with van der Waals surface area (Å²) in [5.41, 5.74) is -0.347. The Labute approximate surface area is 170 Å². The van der Waals surface area contributed by atoms with Gasteiger partial charge in [0.25, 0.3) is 5.91 Å². The Morgan fingerprint density at radius 1 is 1.07 bits per heavy atom. The SMILES string of the molecule is O=C(Nc1ccc(F)c(F)c1)c1ccc(F)c(S(=O)(=O)N2CCCC(O)C(F)C2)c1. The molecule has 1 aliphatic rings. The zero-order valence-electron chi connectivity index (χ0n) is 15.5. The lowest BCUT2D eigenvalue weighted by molar-refractivity contribution is 0.0732. The van der Waals surface area contributed by atoms with E-state index in [9.17, 15) is 35.9 Å². The van der Waals surface area contributed by atoms with Crippen molar-refractivity contribution in [1.82, 2.24) is 4.31 Å². The lowest BCUT2D eigenvalue weighted by Gasteiger charge is -2.22. The Morgan fingerprint density at radius 3 is 2.47 bits per heavy atom. The molecule has 2 aromatic rings. The van der Waals surface area contributed by atoms with Crippen LogP contribution in [-0.4, -0.2) is 49.1 Å². The van der Waals surface area contributed by atoms with E-state index in [1.807, 2.05) is 0 Å². The van der Waals surface area contributed by atoms with Gasteiger partial charge in [-0.15, -0.1) is 0 Å². The smallest absolute Gasteiger partial charge is 0.255 e. The second kappa shape index (κ2) is 8.70. The number of hydrogen-bond acceptors (Lipinski definition) is 4. The van der Waals surface area contributed by atoms with E-state index in [1.165, 1.54) is 0 Å². The lowest BCUT2D eigenvalue weighted by Crippen LogP contribution is -2.38. The van der Waals surface area contributed by atoms with Gasteiger partial charge >= 0.3 is 0 Å². The number of rotatable bonds is 4. The minimum atomic E-state index is -4.50. The van der Waals surface area contributed by atoms with Crippen molar-refractivity contribution in [1.29, 1.82) is 0 Å². The van der Waals surface area contributed by atoms with Gasteiger partial charge in [0.15, 0.2) is 11.6 Å². The number of anilines is 1. The first-order chi connectivity index (χ1) is 14.1. The number of benzene rings is 2. The predicted octanol–water partition coefficient (Wildman–Crippen LogP) is 2.84. The van der Waals surface area contributed by atoms with Gasteiger partial charge in [-0.25, -0.2) is 26.0 Å². The van der Waals surface area contributed by atoms with Gasteiger partial charge in [-0.1, -0.05) is 0 Å². The summed E-state index contributed by atoms with van der Waals surface area (Å²) in [4.78, 5) is 11.5. The number of amides is 1. The summed E-state index contributed by atoms with van der Waals surface area (Å²) in [6.07, 6.45) is -2.90. The molecule has 2 atom stereocenters. The molecule has 162 valence electrons. The summed E-state index contributed by atoms with van der Waals surface area (Å²) in [5.74, 6) is -4.33. The molecule has 2 N–H and O–H groups in total. The molecule has 2 aromatic carbocycles. The van der Waals surface area contributed by atoms with Crippen LogP contribution in [0.25, 0.3) is 0 Å². The Morgan fingerprint density at radius 2 is 1.77 bits per heavy atom. The minimum Gasteiger partial charge on any atom is -0.390 e. The van der Waals surface area contributed by atoms with Gasteiger partial charge in [0, 0.05) is 30.4 Å². The second-order valence-electron chi connectivity index (χ2n) is 6.82. The van der Waals surface area contributed by atoms with Crippen LogP contribution in [0.3, 0.4) is 0 Å². The highest BCUT2D eigenvalue weighted by Crippen LogP contribution is 2.25. The standard InChI is InChI=1S/C19H18F4N2O4S/c20-13-6-4-12(9-15(13)22)24-19(27)11-3-5-14(21)18(8-11)30(28,29)25-7-1-2-17(26)16(23)10-25/h3-6,8-9,16-17,26H,1-2,7,10H2,(H,24,27). The van der Waals surface area contributed by atoms with Crippen LogP contribution in [0.4, 0.5) is 23.2 Å². The van der Waals surface area contributed by atoms with E-state index in [-0.39, 0.29) is 30.6 Å². The van der Waals surface area contributed by atoms with Crippen LogP contribution < -0.4 is 5.32 Å². The van der Waals surface area contributed by atoms with Crippen LogP contribution in [0.1, 0.15) is 23.2 Å². The van der Waals surface area contributed by atoms with Crippen molar-refractivity contribution in [3.05, 3.63) is 59.4 Å². The average molecular weight is 446 g/mol. The van der Waals surface area contributed by atoms with E-state index in [0.29, 0.717) is 0 Å². The summed E-state index contributed by atoms with van der Waals surface area (Å²) in [6, 6.07) is 5.21. The summed E-state index contributed by atoms with van der Waals surface area (Å²) >= 11 is 0. The summed E-state index contributed by atoms with van der Waals surface area (Å²) in [5, 5.41) is 11.8. The quantitative estimate of drug-likeness (QED) is 0.708. The number of sulfonamides is 1. The molecule has 1 heterocycles. The van der Waals surface area contributed by atoms with Crippen molar-refractivity contribution in [2.75, 3.05) is 18.4 Å². The van der Waals surface area contributed by atoms with E-state index in [1.54, 1.807) is 0 Å². The fraction of sp³-hybridized carbons (Fsp3) is 0.316. The third-order valence-corrected chi connectivity index (χ3v) is 6.57. The van der Waals surface area contributed by atoms with E-state index in [2.05, 4.69) is 5.32 Å². The first-order valence-electron chi connectivity index (χ1n) is 8.98. The highest BCUT2D eigenvalue weighted by Gasteiger charge is 2.34. The number of nitrogens with one attached hydrogen (secondary N) is 1. The fourth-order valence-electron chi connectivity index (χ4n) is 3.04. The van der Waals surface area contributed by atoms with Gasteiger partial charge in [-0.3, -0.25) is 4.79 Å². The Kier molecular flexibility index (Phi) is 6.44. The molecule has 0 aliphatic carbocycles. The number of aliphatic hydroxyl groups excluding tert-OH is 1. The molecule has 0 bridgehead atoms. The van der Waals surface area contributed by atoms with Gasteiger partial charge in [-0.2, -0.15) is 4.31 Å². The van der Waals surface area contributed by atoms with Crippen LogP contribution in [0.15, 0.2) is 41.3 Å². The molecule has 1 fully saturated rings. The molecule has 30 heavy (non-hydrogen) atoms. The highest BCUT2D eigenvalue weighted by molar-refractivity contribution is 7.89. The molecular weight excluding hydrogens is 428 g/mol. The second-order valence-corrected chi connectivity index (χ2v) is 8.72. The topological polar surface area (TPSA) is 86.7 Å². The molecule has 3 rings (SSSR count). The number of carbonyl (C=O) groups is 1. The van der Waals surface area contributed by atoms with Gasteiger partial charge in [0.05, 0.1) is 6.10 Å². The number of nitrogens with zero attached hydrogens (tertiary/aromatic N) is 1. The Hall–Kier alpha value is -2.50. The molecule has 0 aromatic heterocycles. The monoisotopic (exact) mass is 446 g/mol. The molecule has 2 unspecified atom stereocenters. The maximum Gasteiger partial charge on any atom is 0.255 e. The summed E-state index contributed by atoms with van der Waals surface area (Å²) in [6.45, 7) is -0.765. The third-order valence-electron chi connectivity index (χ3n) is 4.69. The van der Waals surface area contributed by atoms with Gasteiger partial charge in [-0.05, 0) is 43.2 Å². The molecule has 11 heteroatoms. The van der Waals surface area contributed by atoms with E-state index >= 15 is 0 Å². The maximum absolute atomic E-state index is 14.3. The lowest BCUT2D eigenvalue weighted by atomic mass is 10.1. The van der Waals surface area contributed by atoms with Crippen LogP contribution in [0, 0.1) is 17.5 Å². The van der Waals surface area contributed by atoms with Gasteiger partial charge < -0.3 is 10.4 Å². The summed E-state index contributed by atoms with van der Waals surface area (Å²) < 4.78 is 81.0. The summed E-state index contributed by atoms with van der Waals surface area (Å²) in [7, 11) is -4.50. The maximum atomic E-state index is 14.3. The van der Waals surface area contributed by atoms with E-state index < -0.39 is 57.1 Å². The van der Waals surface area contributed by atoms with Crippen molar-refractivity contribution in [3.63, 3.8) is 0 Å². The normalized spacial score (nSPS) is 20.6. The fourth-order valence-corrected chi connectivity index (χ4v) is 4.62. The molecule has 0 saturated carbocycles. The Bertz CT molecular complexity index is 1060. The number of alkyl halides is 1. The van der Waals surface area contributed by atoms with Crippen molar-refractivity contribution in [3.8, 4) is 0 Å². The largest absolute Gasteiger partial charge is 0.390 e. The molecule has 0 radical (unpaired) electrons. The van der Waals surface area contributed by atoms with Gasteiger partial charge in [0.2, 0.25) is 10.0 Å². The molecule has 1 aliphatic heterocycles. The number of carbonyl (C=O) groups excluding carboxylic acids is 1. The predicted molar refractivity (Wildman–Crippen MR) is 99.6 cm³/mol. The first kappa shape index (κ1) is 22.2. The zero-order chi connectivity index (χ0) is 22.1. The van der Waals surface area contributed by atoms with Gasteiger partial charge in [0.1, 0.15) is 16.9 Å². The Balaban J connectivity index is 1.88. The first-order valence-corrected chi connectivity index (χ1v) is 10.4. The molecule has 1 amide bonds. The number of aliphatic hydroxyl groups is 1. The highest BCUT2D eigenvalue weighted by atomic mass is 32.2. The minimum absolute atomic E-state index is 0.0618. The molecule has 6 nitrogen and oxygen atoms in total. The third kappa shape index (κ3) is 4.63. The van der Waals surface area contributed by atoms with Crippen molar-refractivity contribution >= 4 is 21.6 Å².